The van der Waals surface area contributed by atoms with E-state index in [1.54, 1.807) is 6.92 Å². The van der Waals surface area contributed by atoms with Gasteiger partial charge in [0.2, 0.25) is 5.91 Å². The summed E-state index contributed by atoms with van der Waals surface area (Å²) in [6.45, 7) is 2.08. The van der Waals surface area contributed by atoms with Crippen LogP contribution in [0.1, 0.15) is 24.8 Å². The van der Waals surface area contributed by atoms with Crippen LogP contribution in [0.3, 0.4) is 0 Å². The van der Waals surface area contributed by atoms with E-state index in [0.29, 0.717) is 13.0 Å². The summed E-state index contributed by atoms with van der Waals surface area (Å²) in [5.74, 6) is -0.577. The molecule has 0 radical (unpaired) electrons. The smallest absolute Gasteiger partial charge is 0.329 e. The minimum absolute atomic E-state index is 0.100. The average Bonchev–Trinajstić information content (AvgIpc) is 2.73. The van der Waals surface area contributed by atoms with Crippen molar-refractivity contribution in [2.24, 2.45) is 0 Å². The molecule has 4 nitrogen and oxygen atoms in total. The van der Waals surface area contributed by atoms with Crippen LogP contribution in [0.4, 0.5) is 0 Å². The summed E-state index contributed by atoms with van der Waals surface area (Å²) in [5, 5.41) is 2.67. The molecule has 1 aromatic rings. The Morgan fingerprint density at radius 1 is 1.41 bits per heavy atom. The van der Waals surface area contributed by atoms with Gasteiger partial charge in [-0.3, -0.25) is 4.79 Å². The Kier molecular flexibility index (Phi) is 3.42. The van der Waals surface area contributed by atoms with E-state index in [2.05, 4.69) is 5.32 Å². The van der Waals surface area contributed by atoms with Crippen LogP contribution in [-0.2, 0) is 14.3 Å². The summed E-state index contributed by atoms with van der Waals surface area (Å²) in [7, 11) is 0. The number of carbonyl (C=O) groups is 2. The van der Waals surface area contributed by atoms with Crippen LogP contribution in [0, 0.1) is 0 Å². The van der Waals surface area contributed by atoms with Crippen molar-refractivity contribution in [3.8, 4) is 0 Å². The molecular weight excluding hydrogens is 218 g/mol. The molecule has 0 saturated carbocycles. The highest BCUT2D eigenvalue weighted by Gasteiger charge is 2.39. The maximum absolute atomic E-state index is 11.7. The highest BCUT2D eigenvalue weighted by molar-refractivity contribution is 5.90. The van der Waals surface area contributed by atoms with Gasteiger partial charge in [0.15, 0.2) is 0 Å². The van der Waals surface area contributed by atoms with Crippen molar-refractivity contribution in [1.29, 1.82) is 0 Å². The van der Waals surface area contributed by atoms with Gasteiger partial charge >= 0.3 is 5.97 Å². The molecule has 1 aliphatic heterocycles. The average molecular weight is 233 g/mol. The van der Waals surface area contributed by atoms with Gasteiger partial charge in [-0.15, -0.1) is 0 Å². The van der Waals surface area contributed by atoms with Crippen molar-refractivity contribution in [3.05, 3.63) is 35.9 Å². The summed E-state index contributed by atoms with van der Waals surface area (Å²) in [6, 6.07) is 9.02. The quantitative estimate of drug-likeness (QED) is 0.799. The number of nitrogens with one attached hydrogen (secondary N) is 1. The molecule has 0 aromatic heterocycles. The summed E-state index contributed by atoms with van der Waals surface area (Å²) in [5.41, 5.74) is 0.990. The maximum atomic E-state index is 11.7. The first-order chi connectivity index (χ1) is 8.22. The topological polar surface area (TPSA) is 55.4 Å². The zero-order chi connectivity index (χ0) is 12.3. The van der Waals surface area contributed by atoms with Crippen molar-refractivity contribution >= 4 is 11.9 Å². The van der Waals surface area contributed by atoms with E-state index < -0.39 is 6.04 Å². The second kappa shape index (κ2) is 4.99. The molecule has 90 valence electrons. The number of benzene rings is 1. The lowest BCUT2D eigenvalue weighted by atomic mass is 9.92. The van der Waals surface area contributed by atoms with E-state index in [-0.39, 0.29) is 17.8 Å². The number of carbonyl (C=O) groups excluding carboxylic acids is 2. The van der Waals surface area contributed by atoms with E-state index in [9.17, 15) is 9.59 Å². The molecule has 1 fully saturated rings. The second-order valence-electron chi connectivity index (χ2n) is 4.02. The minimum Gasteiger partial charge on any atom is -0.464 e. The normalized spacial score (nSPS) is 23.2. The third-order valence-corrected chi connectivity index (χ3v) is 2.89. The number of hydrogen-bond acceptors (Lipinski definition) is 3. The molecule has 0 aliphatic carbocycles. The Labute approximate surface area is 100.0 Å². The number of amides is 1. The second-order valence-corrected chi connectivity index (χ2v) is 4.02. The van der Waals surface area contributed by atoms with Gasteiger partial charge in [0, 0.05) is 12.3 Å². The first-order valence-electron chi connectivity index (χ1n) is 5.73. The predicted octanol–water partition coefficient (Wildman–Crippen LogP) is 1.22. The summed E-state index contributed by atoms with van der Waals surface area (Å²) in [4.78, 5) is 23.2. The third-order valence-electron chi connectivity index (χ3n) is 2.89. The van der Waals surface area contributed by atoms with E-state index in [4.69, 9.17) is 4.74 Å². The van der Waals surface area contributed by atoms with Gasteiger partial charge in [-0.05, 0) is 12.5 Å². The molecule has 1 amide bonds. The Balaban J connectivity index is 2.20. The molecule has 17 heavy (non-hydrogen) atoms. The Hall–Kier alpha value is -1.84. The summed E-state index contributed by atoms with van der Waals surface area (Å²) >= 11 is 0. The van der Waals surface area contributed by atoms with Crippen LogP contribution < -0.4 is 5.32 Å². The highest BCUT2D eigenvalue weighted by Crippen LogP contribution is 2.28. The molecule has 0 unspecified atom stereocenters. The lowest BCUT2D eigenvalue weighted by Crippen LogP contribution is -2.37. The van der Waals surface area contributed by atoms with Gasteiger partial charge in [0.05, 0.1) is 6.61 Å². The molecule has 1 saturated heterocycles. The largest absolute Gasteiger partial charge is 0.464 e. The Morgan fingerprint density at radius 2 is 2.12 bits per heavy atom. The minimum atomic E-state index is -0.551. The number of ether oxygens (including phenoxy) is 1. The fourth-order valence-electron chi connectivity index (χ4n) is 2.12. The molecule has 1 aromatic carbocycles. The molecular formula is C13H15NO3. The van der Waals surface area contributed by atoms with Gasteiger partial charge < -0.3 is 10.1 Å². The lowest BCUT2D eigenvalue weighted by molar-refractivity contribution is -0.146. The first-order valence-corrected chi connectivity index (χ1v) is 5.73. The van der Waals surface area contributed by atoms with Crippen molar-refractivity contribution in [3.63, 3.8) is 0 Å². The SMILES string of the molecule is CCOC(=O)[C@H]1NC(=O)C[C@H]1c1ccccc1. The Morgan fingerprint density at radius 3 is 2.76 bits per heavy atom. The highest BCUT2D eigenvalue weighted by atomic mass is 16.5. The molecule has 1 aliphatic rings. The Bertz CT molecular complexity index is 416. The van der Waals surface area contributed by atoms with Gasteiger partial charge in [0.1, 0.15) is 6.04 Å². The number of rotatable bonds is 3. The van der Waals surface area contributed by atoms with Crippen LogP contribution in [0.2, 0.25) is 0 Å². The van der Waals surface area contributed by atoms with Gasteiger partial charge in [-0.2, -0.15) is 0 Å². The molecule has 1 heterocycles. The molecule has 4 heteroatoms. The van der Waals surface area contributed by atoms with Gasteiger partial charge in [-0.1, -0.05) is 30.3 Å². The summed E-state index contributed by atoms with van der Waals surface area (Å²) in [6.07, 6.45) is 0.341. The first kappa shape index (κ1) is 11.6. The van der Waals surface area contributed by atoms with E-state index in [1.807, 2.05) is 30.3 Å². The van der Waals surface area contributed by atoms with E-state index in [0.717, 1.165) is 5.56 Å². The molecule has 2 atom stereocenters. The molecule has 0 spiro atoms. The van der Waals surface area contributed by atoms with Crippen LogP contribution in [0.25, 0.3) is 0 Å². The zero-order valence-electron chi connectivity index (χ0n) is 9.68. The van der Waals surface area contributed by atoms with Crippen molar-refractivity contribution < 1.29 is 14.3 Å². The van der Waals surface area contributed by atoms with Crippen LogP contribution in [-0.4, -0.2) is 24.5 Å². The van der Waals surface area contributed by atoms with Crippen LogP contribution >= 0.6 is 0 Å². The maximum Gasteiger partial charge on any atom is 0.329 e. The zero-order valence-corrected chi connectivity index (χ0v) is 9.68. The van der Waals surface area contributed by atoms with E-state index >= 15 is 0 Å². The number of esters is 1. The molecule has 1 N–H and O–H groups in total. The van der Waals surface area contributed by atoms with Crippen LogP contribution in [0.15, 0.2) is 30.3 Å². The summed E-state index contributed by atoms with van der Waals surface area (Å²) < 4.78 is 4.97. The molecule has 0 bridgehead atoms. The fraction of sp³-hybridized carbons (Fsp3) is 0.385. The number of hydrogen-bond donors (Lipinski definition) is 1. The third kappa shape index (κ3) is 2.46. The van der Waals surface area contributed by atoms with Crippen molar-refractivity contribution in [1.82, 2.24) is 5.32 Å². The van der Waals surface area contributed by atoms with Crippen molar-refractivity contribution in [2.45, 2.75) is 25.3 Å². The standard InChI is InChI=1S/C13H15NO3/c1-2-17-13(16)12-10(8-11(15)14-12)9-6-4-3-5-7-9/h3-7,10,12H,2,8H2,1H3,(H,14,15)/t10-,12-/m0/s1. The van der Waals surface area contributed by atoms with Crippen molar-refractivity contribution in [2.75, 3.05) is 6.61 Å². The molecule has 2 rings (SSSR count). The fourth-order valence-corrected chi connectivity index (χ4v) is 2.12. The van der Waals surface area contributed by atoms with Gasteiger partial charge in [0.25, 0.3) is 0 Å². The monoisotopic (exact) mass is 233 g/mol. The lowest BCUT2D eigenvalue weighted by Gasteiger charge is -2.17. The predicted molar refractivity (Wildman–Crippen MR) is 62.4 cm³/mol. The van der Waals surface area contributed by atoms with E-state index in [1.165, 1.54) is 0 Å². The van der Waals surface area contributed by atoms with Gasteiger partial charge in [-0.25, -0.2) is 4.79 Å². The van der Waals surface area contributed by atoms with Crippen LogP contribution in [0.5, 0.6) is 0 Å².